The normalized spacial score (nSPS) is 10.8. The minimum atomic E-state index is 0.385. The van der Waals surface area contributed by atoms with E-state index in [1.807, 2.05) is 0 Å². The second-order valence-corrected chi connectivity index (χ2v) is 5.65. The molecule has 2 N–H and O–H groups in total. The van der Waals surface area contributed by atoms with Gasteiger partial charge in [0.15, 0.2) is 5.82 Å². The number of nitrogens with two attached hydrogens (primary N) is 1. The Kier molecular flexibility index (Phi) is 5.14. The summed E-state index contributed by atoms with van der Waals surface area (Å²) in [7, 11) is 1.56. The van der Waals surface area contributed by atoms with Crippen molar-refractivity contribution in [3.63, 3.8) is 0 Å². The second-order valence-electron chi connectivity index (χ2n) is 4.14. The molecule has 0 spiro atoms. The molecule has 0 aliphatic rings. The van der Waals surface area contributed by atoms with Crippen molar-refractivity contribution in [2.75, 3.05) is 18.6 Å². The summed E-state index contributed by atoms with van der Waals surface area (Å²) in [6.07, 6.45) is 1.12. The molecule has 0 aliphatic heterocycles. The van der Waals surface area contributed by atoms with Crippen molar-refractivity contribution in [2.45, 2.75) is 19.1 Å². The van der Waals surface area contributed by atoms with E-state index in [1.54, 1.807) is 31.0 Å². The molecule has 7 heteroatoms. The van der Waals surface area contributed by atoms with Gasteiger partial charge in [0, 0.05) is 6.07 Å². The molecule has 2 rings (SSSR count). The lowest BCUT2D eigenvalue weighted by Crippen LogP contribution is -1.93. The number of thioether (sulfide) groups is 1. The molecule has 2 aromatic rings. The van der Waals surface area contributed by atoms with Crippen LogP contribution in [0.4, 0.5) is 5.69 Å². The maximum Gasteiger partial charge on any atom is 0.261 e. The fourth-order valence-electron chi connectivity index (χ4n) is 1.63. The number of methoxy groups -OCH3 is 1. The first kappa shape index (κ1) is 15.0. The Labute approximate surface area is 126 Å². The number of nitrogen functional groups attached to an aromatic ring is 1. The van der Waals surface area contributed by atoms with Crippen LogP contribution in [0, 0.1) is 0 Å². The third-order valence-electron chi connectivity index (χ3n) is 2.60. The van der Waals surface area contributed by atoms with Crippen LogP contribution >= 0.6 is 23.4 Å². The van der Waals surface area contributed by atoms with Crippen LogP contribution < -0.4 is 10.5 Å². The zero-order valence-corrected chi connectivity index (χ0v) is 12.9. The van der Waals surface area contributed by atoms with E-state index in [0.29, 0.717) is 33.7 Å². The Balaban J connectivity index is 2.25. The average Bonchev–Trinajstić information content (AvgIpc) is 2.90. The van der Waals surface area contributed by atoms with E-state index in [1.165, 1.54) is 0 Å². The summed E-state index contributed by atoms with van der Waals surface area (Å²) in [6.45, 7) is 2.13. The third kappa shape index (κ3) is 3.37. The molecule has 0 unspecified atom stereocenters. The maximum atomic E-state index is 6.03. The molecular formula is C13H16ClN3O2S. The monoisotopic (exact) mass is 313 g/mol. The highest BCUT2D eigenvalue weighted by Gasteiger charge is 2.16. The van der Waals surface area contributed by atoms with Crippen molar-refractivity contribution >= 4 is 29.1 Å². The molecular weight excluding hydrogens is 298 g/mol. The minimum absolute atomic E-state index is 0.385. The summed E-state index contributed by atoms with van der Waals surface area (Å²) in [5.74, 6) is 3.40. The molecule has 0 fully saturated rings. The lowest BCUT2D eigenvalue weighted by atomic mass is 10.2. The fraction of sp³-hybridized carbons (Fsp3) is 0.385. The molecule has 20 heavy (non-hydrogen) atoms. The van der Waals surface area contributed by atoms with Gasteiger partial charge in [-0.15, -0.1) is 0 Å². The number of anilines is 1. The molecule has 0 atom stereocenters. The van der Waals surface area contributed by atoms with E-state index in [2.05, 4.69) is 17.1 Å². The van der Waals surface area contributed by atoms with Crippen molar-refractivity contribution in [1.29, 1.82) is 0 Å². The Bertz CT molecular complexity index is 589. The Morgan fingerprint density at radius 1 is 1.45 bits per heavy atom. The lowest BCUT2D eigenvalue weighted by molar-refractivity contribution is 0.404. The van der Waals surface area contributed by atoms with Crippen LogP contribution in [0.25, 0.3) is 11.5 Å². The maximum absolute atomic E-state index is 6.03. The average molecular weight is 314 g/mol. The van der Waals surface area contributed by atoms with Crippen molar-refractivity contribution in [1.82, 2.24) is 10.1 Å². The summed E-state index contributed by atoms with van der Waals surface area (Å²) in [6, 6.07) is 3.32. The minimum Gasteiger partial charge on any atom is -0.496 e. The van der Waals surface area contributed by atoms with Gasteiger partial charge in [-0.2, -0.15) is 16.7 Å². The quantitative estimate of drug-likeness (QED) is 0.648. The van der Waals surface area contributed by atoms with Crippen LogP contribution in [0.1, 0.15) is 19.2 Å². The first-order valence-corrected chi connectivity index (χ1v) is 7.72. The number of benzene rings is 1. The van der Waals surface area contributed by atoms with E-state index in [9.17, 15) is 0 Å². The molecule has 0 bridgehead atoms. The van der Waals surface area contributed by atoms with Gasteiger partial charge in [-0.25, -0.2) is 0 Å². The number of aromatic nitrogens is 2. The molecule has 0 amide bonds. The summed E-state index contributed by atoms with van der Waals surface area (Å²) in [5, 5.41) is 4.39. The van der Waals surface area contributed by atoms with Gasteiger partial charge in [0.05, 0.1) is 29.1 Å². The van der Waals surface area contributed by atoms with Gasteiger partial charge in [0.1, 0.15) is 5.75 Å². The van der Waals surface area contributed by atoms with Gasteiger partial charge in [0.2, 0.25) is 0 Å². The van der Waals surface area contributed by atoms with Gasteiger partial charge in [-0.3, -0.25) is 0 Å². The summed E-state index contributed by atoms with van der Waals surface area (Å²) < 4.78 is 10.5. The predicted molar refractivity (Wildman–Crippen MR) is 82.2 cm³/mol. The first-order valence-electron chi connectivity index (χ1n) is 6.19. The molecule has 0 radical (unpaired) electrons. The van der Waals surface area contributed by atoms with Crippen molar-refractivity contribution in [3.05, 3.63) is 23.0 Å². The van der Waals surface area contributed by atoms with E-state index < -0.39 is 0 Å². The standard InChI is InChI=1S/C13H16ClN3O2S/c1-3-4-20-7-12-16-13(19-17-12)8-5-9(14)10(15)6-11(8)18-2/h5-6H,3-4,7,15H2,1-2H3. The summed E-state index contributed by atoms with van der Waals surface area (Å²) >= 11 is 7.80. The molecule has 1 aromatic carbocycles. The highest BCUT2D eigenvalue weighted by molar-refractivity contribution is 7.98. The molecule has 5 nitrogen and oxygen atoms in total. The summed E-state index contributed by atoms with van der Waals surface area (Å²) in [4.78, 5) is 4.35. The highest BCUT2D eigenvalue weighted by atomic mass is 35.5. The molecule has 108 valence electrons. The van der Waals surface area contributed by atoms with Gasteiger partial charge in [0.25, 0.3) is 5.89 Å². The topological polar surface area (TPSA) is 74.2 Å². The van der Waals surface area contributed by atoms with Gasteiger partial charge < -0.3 is 15.0 Å². The third-order valence-corrected chi connectivity index (χ3v) is 4.08. The number of ether oxygens (including phenoxy) is 1. The van der Waals surface area contributed by atoms with Gasteiger partial charge >= 0.3 is 0 Å². The number of rotatable bonds is 6. The predicted octanol–water partition coefficient (Wildman–Crippen LogP) is 3.62. The van der Waals surface area contributed by atoms with Gasteiger partial charge in [-0.1, -0.05) is 23.7 Å². The van der Waals surface area contributed by atoms with E-state index in [4.69, 9.17) is 26.6 Å². The number of hydrogen-bond acceptors (Lipinski definition) is 6. The number of nitrogens with zero attached hydrogens (tertiary/aromatic N) is 2. The Morgan fingerprint density at radius 3 is 2.95 bits per heavy atom. The molecule has 0 aliphatic carbocycles. The van der Waals surface area contributed by atoms with Crippen molar-refractivity contribution in [3.8, 4) is 17.2 Å². The summed E-state index contributed by atoms with van der Waals surface area (Å²) in [5.41, 5.74) is 6.84. The first-order chi connectivity index (χ1) is 9.65. The molecule has 1 aromatic heterocycles. The largest absolute Gasteiger partial charge is 0.496 e. The fourth-order valence-corrected chi connectivity index (χ4v) is 2.53. The smallest absolute Gasteiger partial charge is 0.261 e. The second kappa shape index (κ2) is 6.85. The zero-order chi connectivity index (χ0) is 14.5. The van der Waals surface area contributed by atoms with E-state index in [0.717, 1.165) is 17.9 Å². The van der Waals surface area contributed by atoms with Crippen LogP contribution in [0.3, 0.4) is 0 Å². The van der Waals surface area contributed by atoms with E-state index in [-0.39, 0.29) is 0 Å². The SMILES string of the molecule is CCCSCc1noc(-c2cc(Cl)c(N)cc2OC)n1. The zero-order valence-electron chi connectivity index (χ0n) is 11.4. The molecule has 0 saturated heterocycles. The van der Waals surface area contributed by atoms with Crippen LogP contribution in [-0.2, 0) is 5.75 Å². The van der Waals surface area contributed by atoms with Gasteiger partial charge in [-0.05, 0) is 18.2 Å². The van der Waals surface area contributed by atoms with E-state index >= 15 is 0 Å². The number of halogens is 1. The van der Waals surface area contributed by atoms with Crippen LogP contribution in [-0.4, -0.2) is 23.0 Å². The highest BCUT2D eigenvalue weighted by Crippen LogP contribution is 2.35. The molecule has 1 heterocycles. The van der Waals surface area contributed by atoms with Crippen molar-refractivity contribution < 1.29 is 9.26 Å². The van der Waals surface area contributed by atoms with Crippen LogP contribution in [0.15, 0.2) is 16.7 Å². The van der Waals surface area contributed by atoms with Crippen molar-refractivity contribution in [2.24, 2.45) is 0 Å². The Hall–Kier alpha value is -1.40. The lowest BCUT2D eigenvalue weighted by Gasteiger charge is -2.07. The van der Waals surface area contributed by atoms with Crippen LogP contribution in [0.2, 0.25) is 5.02 Å². The van der Waals surface area contributed by atoms with Crippen LogP contribution in [0.5, 0.6) is 5.75 Å². The molecule has 0 saturated carbocycles. The number of hydrogen-bond donors (Lipinski definition) is 1. The Morgan fingerprint density at radius 2 is 2.25 bits per heavy atom.